The summed E-state index contributed by atoms with van der Waals surface area (Å²) in [5.74, 6) is -0.826. The van der Waals surface area contributed by atoms with E-state index in [1.165, 1.54) is 12.1 Å². The van der Waals surface area contributed by atoms with Gasteiger partial charge in [-0.3, -0.25) is 4.79 Å². The topological polar surface area (TPSA) is 66.5 Å². The van der Waals surface area contributed by atoms with Gasteiger partial charge in [-0.1, -0.05) is 19.1 Å². The number of nitrogens with one attached hydrogen (secondary N) is 1. The highest BCUT2D eigenvalue weighted by Gasteiger charge is 2.34. The average Bonchev–Trinajstić information content (AvgIpc) is 2.42. The lowest BCUT2D eigenvalue weighted by Crippen LogP contribution is -2.42. The van der Waals surface area contributed by atoms with Gasteiger partial charge in [0.25, 0.3) is 0 Å². The Morgan fingerprint density at radius 1 is 1.30 bits per heavy atom. The Balaban J connectivity index is 2.97. The van der Waals surface area contributed by atoms with Crippen LogP contribution in [-0.2, 0) is 21.0 Å². The van der Waals surface area contributed by atoms with Gasteiger partial charge in [-0.05, 0) is 25.5 Å². The Kier molecular flexibility index (Phi) is 6.18. The van der Waals surface area contributed by atoms with Gasteiger partial charge in [0.2, 0.25) is 15.9 Å². The van der Waals surface area contributed by atoms with Crippen molar-refractivity contribution in [2.75, 3.05) is 18.1 Å². The normalized spacial score (nSPS) is 13.9. The molecule has 0 fully saturated rings. The van der Waals surface area contributed by atoms with Crippen LogP contribution >= 0.6 is 0 Å². The summed E-state index contributed by atoms with van der Waals surface area (Å²) in [5.41, 5.74) is -1.38. The molecule has 0 aliphatic rings. The number of hydrogen-bond acceptors (Lipinski definition) is 3. The first-order valence-electron chi connectivity index (χ1n) is 6.89. The number of halogens is 3. The second kappa shape index (κ2) is 7.31. The summed E-state index contributed by atoms with van der Waals surface area (Å²) in [6.07, 6.45) is -3.19. The molecule has 1 unspecified atom stereocenters. The highest BCUT2D eigenvalue weighted by atomic mass is 32.2. The summed E-state index contributed by atoms with van der Waals surface area (Å²) in [6.45, 7) is 2.83. The molecule has 0 spiro atoms. The first kappa shape index (κ1) is 19.4. The molecule has 1 aromatic rings. The second-order valence-corrected chi connectivity index (χ2v) is 7.09. The van der Waals surface area contributed by atoms with Crippen LogP contribution in [0.15, 0.2) is 24.3 Å². The van der Waals surface area contributed by atoms with Crippen molar-refractivity contribution in [3.05, 3.63) is 29.8 Å². The van der Waals surface area contributed by atoms with E-state index in [-0.39, 0.29) is 0 Å². The quantitative estimate of drug-likeness (QED) is 0.856. The number of carbonyl (C=O) groups excluding carboxylic acids is 1. The maximum absolute atomic E-state index is 12.9. The summed E-state index contributed by atoms with van der Waals surface area (Å²) in [6, 6.07) is 4.09. The van der Waals surface area contributed by atoms with Crippen LogP contribution in [0.25, 0.3) is 0 Å². The summed E-state index contributed by atoms with van der Waals surface area (Å²) >= 11 is 0. The van der Waals surface area contributed by atoms with E-state index in [9.17, 15) is 26.4 Å². The summed E-state index contributed by atoms with van der Waals surface area (Å²) in [7, 11) is -3.65. The first-order valence-corrected chi connectivity index (χ1v) is 8.74. The molecule has 1 amide bonds. The van der Waals surface area contributed by atoms with Crippen molar-refractivity contribution in [1.29, 1.82) is 0 Å². The molecular formula is C14H19F3N2O3S. The van der Waals surface area contributed by atoms with E-state index in [4.69, 9.17) is 0 Å². The van der Waals surface area contributed by atoms with Gasteiger partial charge in [0.1, 0.15) is 0 Å². The van der Waals surface area contributed by atoms with Crippen LogP contribution in [0, 0.1) is 0 Å². The molecule has 23 heavy (non-hydrogen) atoms. The lowest BCUT2D eigenvalue weighted by Gasteiger charge is -2.25. The molecular weight excluding hydrogens is 333 g/mol. The monoisotopic (exact) mass is 352 g/mol. The Bertz CT molecular complexity index is 659. The zero-order valence-electron chi connectivity index (χ0n) is 13.0. The van der Waals surface area contributed by atoms with Crippen LogP contribution in [0.1, 0.15) is 25.8 Å². The van der Waals surface area contributed by atoms with Crippen LogP contribution in [0.2, 0.25) is 0 Å². The van der Waals surface area contributed by atoms with Crippen molar-refractivity contribution in [2.24, 2.45) is 0 Å². The van der Waals surface area contributed by atoms with E-state index in [1.54, 1.807) is 13.8 Å². The van der Waals surface area contributed by atoms with Crippen LogP contribution in [-0.4, -0.2) is 37.5 Å². The highest BCUT2D eigenvalue weighted by molar-refractivity contribution is 7.88. The summed E-state index contributed by atoms with van der Waals surface area (Å²) < 4.78 is 63.0. The Hall–Kier alpha value is -1.61. The van der Waals surface area contributed by atoms with Crippen LogP contribution in [0.3, 0.4) is 0 Å². The molecule has 0 saturated carbocycles. The number of nitrogens with zero attached hydrogens (tertiary/aromatic N) is 1. The minimum absolute atomic E-state index is 0.400. The van der Waals surface area contributed by atoms with E-state index in [2.05, 4.69) is 5.32 Å². The van der Waals surface area contributed by atoms with Gasteiger partial charge in [-0.25, -0.2) is 8.42 Å². The van der Waals surface area contributed by atoms with Crippen molar-refractivity contribution in [3.8, 4) is 0 Å². The fraction of sp³-hybridized carbons (Fsp3) is 0.500. The molecule has 0 aromatic heterocycles. The predicted octanol–water partition coefficient (Wildman–Crippen LogP) is 2.70. The minimum Gasteiger partial charge on any atom is -0.324 e. The third-order valence-electron chi connectivity index (χ3n) is 3.31. The number of para-hydroxylation sites is 1. The average molecular weight is 352 g/mol. The van der Waals surface area contributed by atoms with E-state index >= 15 is 0 Å². The number of benzene rings is 1. The third-order valence-corrected chi connectivity index (χ3v) is 4.66. The van der Waals surface area contributed by atoms with Gasteiger partial charge in [-0.2, -0.15) is 17.5 Å². The zero-order chi connectivity index (χ0) is 17.8. The second-order valence-electron chi connectivity index (χ2n) is 5.16. The number of sulfonamides is 1. The van der Waals surface area contributed by atoms with E-state index in [1.807, 2.05) is 0 Å². The van der Waals surface area contributed by atoms with Gasteiger partial charge in [-0.15, -0.1) is 0 Å². The predicted molar refractivity (Wildman–Crippen MR) is 81.4 cm³/mol. The molecule has 0 saturated heterocycles. The van der Waals surface area contributed by atoms with E-state index in [0.717, 1.165) is 22.7 Å². The van der Waals surface area contributed by atoms with Crippen LogP contribution in [0.5, 0.6) is 0 Å². The highest BCUT2D eigenvalue weighted by Crippen LogP contribution is 2.34. The summed E-state index contributed by atoms with van der Waals surface area (Å²) in [4.78, 5) is 12.0. The molecule has 0 aliphatic heterocycles. The van der Waals surface area contributed by atoms with Crippen molar-refractivity contribution in [1.82, 2.24) is 4.31 Å². The molecule has 0 radical (unpaired) electrons. The zero-order valence-corrected chi connectivity index (χ0v) is 13.8. The number of hydrogen-bond donors (Lipinski definition) is 1. The lowest BCUT2D eigenvalue weighted by atomic mass is 10.1. The SMILES string of the molecule is CCC(C)N(CC(=O)Nc1ccccc1C(F)(F)F)S(C)(=O)=O. The largest absolute Gasteiger partial charge is 0.418 e. The van der Waals surface area contributed by atoms with Gasteiger partial charge in [0.15, 0.2) is 0 Å². The molecule has 1 rings (SSSR count). The maximum Gasteiger partial charge on any atom is 0.418 e. The Labute approximate surface area is 133 Å². The number of rotatable bonds is 6. The number of anilines is 1. The van der Waals surface area contributed by atoms with Gasteiger partial charge < -0.3 is 5.32 Å². The number of amides is 1. The molecule has 1 N–H and O–H groups in total. The van der Waals surface area contributed by atoms with Crippen molar-refractivity contribution >= 4 is 21.6 Å². The molecule has 130 valence electrons. The third kappa shape index (κ3) is 5.51. The Morgan fingerprint density at radius 2 is 1.87 bits per heavy atom. The smallest absolute Gasteiger partial charge is 0.324 e. The summed E-state index contributed by atoms with van der Waals surface area (Å²) in [5, 5.41) is 2.13. The van der Waals surface area contributed by atoms with E-state index in [0.29, 0.717) is 6.42 Å². The molecule has 9 heteroatoms. The molecule has 0 heterocycles. The molecule has 5 nitrogen and oxygen atoms in total. The molecule has 0 aliphatic carbocycles. The van der Waals surface area contributed by atoms with Gasteiger partial charge in [0.05, 0.1) is 24.1 Å². The van der Waals surface area contributed by atoms with Crippen molar-refractivity contribution in [2.45, 2.75) is 32.5 Å². The lowest BCUT2D eigenvalue weighted by molar-refractivity contribution is -0.137. The fourth-order valence-electron chi connectivity index (χ4n) is 1.97. The number of alkyl halides is 3. The molecule has 1 aromatic carbocycles. The molecule has 1 atom stereocenters. The van der Waals surface area contributed by atoms with E-state index < -0.39 is 45.9 Å². The standard InChI is InChI=1S/C14H19F3N2O3S/c1-4-10(2)19(23(3,21)22)9-13(20)18-12-8-6-5-7-11(12)14(15,16)17/h5-8,10H,4,9H2,1-3H3,(H,18,20). The number of carbonyl (C=O) groups is 1. The minimum atomic E-state index is -4.61. The van der Waals surface area contributed by atoms with Gasteiger partial charge in [0, 0.05) is 6.04 Å². The molecule has 0 bridgehead atoms. The Morgan fingerprint density at radius 3 is 2.35 bits per heavy atom. The first-order chi connectivity index (χ1) is 10.5. The van der Waals surface area contributed by atoms with Gasteiger partial charge >= 0.3 is 6.18 Å². The maximum atomic E-state index is 12.9. The van der Waals surface area contributed by atoms with Crippen LogP contribution in [0.4, 0.5) is 18.9 Å². The van der Waals surface area contributed by atoms with Crippen molar-refractivity contribution in [3.63, 3.8) is 0 Å². The van der Waals surface area contributed by atoms with Crippen LogP contribution < -0.4 is 5.32 Å². The van der Waals surface area contributed by atoms with Crippen molar-refractivity contribution < 1.29 is 26.4 Å². The fourth-order valence-corrected chi connectivity index (χ4v) is 3.13.